The molecule has 0 aromatic rings. The van der Waals surface area contributed by atoms with Crippen molar-refractivity contribution >= 4 is 10.4 Å². The van der Waals surface area contributed by atoms with Crippen molar-refractivity contribution in [2.45, 2.75) is 90.6 Å². The zero-order chi connectivity index (χ0) is 15.3. The molecule has 0 amide bonds. The summed E-state index contributed by atoms with van der Waals surface area (Å²) in [5.41, 5.74) is 0. The molecule has 122 valence electrons. The predicted molar refractivity (Wildman–Crippen MR) is 77.8 cm³/mol. The van der Waals surface area contributed by atoms with Gasteiger partial charge in [0.1, 0.15) is 0 Å². The maximum absolute atomic E-state index is 10.2. The molecule has 5 nitrogen and oxygen atoms in total. The Bertz CT molecular complexity index is 308. The molecule has 1 unspecified atom stereocenters. The summed E-state index contributed by atoms with van der Waals surface area (Å²) in [6.45, 7) is 3.92. The summed E-state index contributed by atoms with van der Waals surface area (Å²) in [7, 11) is -4.74. The first kappa shape index (κ1) is 24.1. The van der Waals surface area contributed by atoms with Gasteiger partial charge in [0, 0.05) is 0 Å². The standard InChI is InChI=1S/C14H30O5S.Na/c1-3-4-5-6-7-8-9-10-11-12-13-14(2)18-19-20(15,16)17;/h14H,3-13H2,1-2H3,(H,15,16,17);/q;+1/p-1. The van der Waals surface area contributed by atoms with E-state index in [1.165, 1.54) is 51.4 Å². The van der Waals surface area contributed by atoms with Crippen LogP contribution in [0.1, 0.15) is 84.5 Å². The molecule has 21 heavy (non-hydrogen) atoms. The fraction of sp³-hybridized carbons (Fsp3) is 1.00. The van der Waals surface area contributed by atoms with Gasteiger partial charge in [0.05, 0.1) is 6.10 Å². The first-order valence-electron chi connectivity index (χ1n) is 7.76. The molecule has 0 rings (SSSR count). The van der Waals surface area contributed by atoms with Gasteiger partial charge in [-0.25, -0.2) is 13.3 Å². The van der Waals surface area contributed by atoms with Gasteiger partial charge in [0.15, 0.2) is 0 Å². The van der Waals surface area contributed by atoms with Crippen LogP contribution >= 0.6 is 0 Å². The van der Waals surface area contributed by atoms with Crippen LogP contribution < -0.4 is 29.6 Å². The third-order valence-electron chi connectivity index (χ3n) is 3.25. The van der Waals surface area contributed by atoms with Crippen LogP contribution in [0.15, 0.2) is 0 Å². The minimum atomic E-state index is -4.74. The van der Waals surface area contributed by atoms with Crippen molar-refractivity contribution in [2.75, 3.05) is 0 Å². The Morgan fingerprint density at radius 2 is 1.33 bits per heavy atom. The van der Waals surface area contributed by atoms with Crippen LogP contribution in [-0.2, 0) is 19.6 Å². The molecule has 0 saturated heterocycles. The van der Waals surface area contributed by atoms with Crippen molar-refractivity contribution in [1.82, 2.24) is 0 Å². The number of unbranched alkanes of at least 4 members (excludes halogenated alkanes) is 9. The molecule has 0 aliphatic rings. The van der Waals surface area contributed by atoms with E-state index in [1.54, 1.807) is 6.92 Å². The number of rotatable bonds is 14. The van der Waals surface area contributed by atoms with Gasteiger partial charge < -0.3 is 4.55 Å². The second-order valence-electron chi connectivity index (χ2n) is 5.35. The molecule has 0 saturated carbocycles. The molecule has 0 heterocycles. The summed E-state index contributed by atoms with van der Waals surface area (Å²) >= 11 is 0. The molecule has 0 fully saturated rings. The largest absolute Gasteiger partial charge is 1.00 e. The second-order valence-corrected chi connectivity index (χ2v) is 6.31. The van der Waals surface area contributed by atoms with E-state index in [4.69, 9.17) is 0 Å². The van der Waals surface area contributed by atoms with Gasteiger partial charge >= 0.3 is 29.6 Å². The van der Waals surface area contributed by atoms with Crippen LogP contribution in [0.5, 0.6) is 0 Å². The van der Waals surface area contributed by atoms with Gasteiger partial charge in [0.2, 0.25) is 10.4 Å². The van der Waals surface area contributed by atoms with Gasteiger partial charge in [-0.1, -0.05) is 71.1 Å². The smallest absolute Gasteiger partial charge is 0.724 e. The molecule has 0 aliphatic carbocycles. The maximum atomic E-state index is 10.2. The van der Waals surface area contributed by atoms with Crippen molar-refractivity contribution in [3.05, 3.63) is 0 Å². The van der Waals surface area contributed by atoms with Gasteiger partial charge in [-0.15, -0.1) is 4.33 Å². The normalized spacial score (nSPS) is 12.9. The predicted octanol–water partition coefficient (Wildman–Crippen LogP) is 1.10. The molecular weight excluding hydrogens is 303 g/mol. The molecule has 0 bridgehead atoms. The fourth-order valence-corrected chi connectivity index (χ4v) is 2.31. The van der Waals surface area contributed by atoms with E-state index >= 15 is 0 Å². The van der Waals surface area contributed by atoms with E-state index in [2.05, 4.69) is 16.1 Å². The summed E-state index contributed by atoms with van der Waals surface area (Å²) in [5, 5.41) is 0. The third kappa shape index (κ3) is 20.8. The SMILES string of the molecule is CCCCCCCCCCCCC(C)OOS(=O)(=O)[O-].[Na+]. The van der Waals surface area contributed by atoms with Gasteiger partial charge in [0.25, 0.3) is 0 Å². The van der Waals surface area contributed by atoms with Crippen LogP contribution in [0.3, 0.4) is 0 Å². The zero-order valence-corrected chi connectivity index (χ0v) is 16.6. The molecule has 7 heteroatoms. The average Bonchev–Trinajstić information content (AvgIpc) is 2.38. The Labute approximate surface area is 152 Å². The molecule has 0 aromatic heterocycles. The molecule has 0 spiro atoms. The molecule has 0 aliphatic heterocycles. The monoisotopic (exact) mass is 332 g/mol. The Morgan fingerprint density at radius 1 is 0.905 bits per heavy atom. The number of hydrogen-bond donors (Lipinski definition) is 0. The summed E-state index contributed by atoms with van der Waals surface area (Å²) in [6, 6.07) is 0. The third-order valence-corrected chi connectivity index (χ3v) is 3.50. The van der Waals surface area contributed by atoms with Crippen molar-refractivity contribution < 1.29 is 51.7 Å². The van der Waals surface area contributed by atoms with E-state index < -0.39 is 10.4 Å². The van der Waals surface area contributed by atoms with Crippen LogP contribution in [0, 0.1) is 0 Å². The Morgan fingerprint density at radius 3 is 1.76 bits per heavy atom. The van der Waals surface area contributed by atoms with Crippen molar-refractivity contribution in [3.63, 3.8) is 0 Å². The summed E-state index contributed by atoms with van der Waals surface area (Å²) in [6.07, 6.45) is 12.8. The minimum absolute atomic E-state index is 0. The molecule has 1 atom stereocenters. The molecule has 0 radical (unpaired) electrons. The fourth-order valence-electron chi connectivity index (χ4n) is 2.08. The van der Waals surface area contributed by atoms with Gasteiger partial charge in [-0.2, -0.15) is 0 Å². The van der Waals surface area contributed by atoms with Crippen LogP contribution in [0.4, 0.5) is 0 Å². The summed E-state index contributed by atoms with van der Waals surface area (Å²) in [4.78, 5) is 4.49. The molecule has 0 aromatic carbocycles. The van der Waals surface area contributed by atoms with E-state index in [9.17, 15) is 13.0 Å². The maximum Gasteiger partial charge on any atom is 1.00 e. The molecule has 0 N–H and O–H groups in total. The van der Waals surface area contributed by atoms with Gasteiger partial charge in [-0.3, -0.25) is 0 Å². The van der Waals surface area contributed by atoms with Crippen molar-refractivity contribution in [2.24, 2.45) is 0 Å². The first-order valence-corrected chi connectivity index (χ1v) is 9.10. The average molecular weight is 332 g/mol. The Kier molecular flexibility index (Phi) is 18.0. The van der Waals surface area contributed by atoms with Gasteiger partial charge in [-0.05, 0) is 13.3 Å². The number of hydrogen-bond acceptors (Lipinski definition) is 5. The quantitative estimate of drug-likeness (QED) is 0.119. The second kappa shape index (κ2) is 15.7. The van der Waals surface area contributed by atoms with E-state index in [1.807, 2.05) is 0 Å². The van der Waals surface area contributed by atoms with Crippen molar-refractivity contribution in [1.29, 1.82) is 0 Å². The van der Waals surface area contributed by atoms with Crippen LogP contribution in [0.25, 0.3) is 0 Å². The molecular formula is C14H29NaO5S. The van der Waals surface area contributed by atoms with Crippen LogP contribution in [-0.4, -0.2) is 19.1 Å². The van der Waals surface area contributed by atoms with Crippen molar-refractivity contribution in [3.8, 4) is 0 Å². The summed E-state index contributed by atoms with van der Waals surface area (Å²) < 4.78 is 34.3. The van der Waals surface area contributed by atoms with E-state index in [0.717, 1.165) is 12.8 Å². The topological polar surface area (TPSA) is 75.7 Å². The first-order chi connectivity index (χ1) is 9.45. The zero-order valence-electron chi connectivity index (χ0n) is 13.8. The minimum Gasteiger partial charge on any atom is -0.724 e. The van der Waals surface area contributed by atoms with Crippen LogP contribution in [0.2, 0.25) is 0 Å². The Balaban J connectivity index is 0. The Hall–Kier alpha value is 0.830. The van der Waals surface area contributed by atoms with E-state index in [0.29, 0.717) is 6.42 Å². The van der Waals surface area contributed by atoms with E-state index in [-0.39, 0.29) is 35.7 Å². The summed E-state index contributed by atoms with van der Waals surface area (Å²) in [5.74, 6) is 0.